The fraction of sp³-hybridized carbons (Fsp3) is 0.118. The van der Waals surface area contributed by atoms with Crippen LogP contribution in [-0.4, -0.2) is 15.4 Å². The lowest BCUT2D eigenvalue weighted by atomic mass is 10.1. The Morgan fingerprint density at radius 1 is 1.27 bits per heavy atom. The Kier molecular flexibility index (Phi) is 4.13. The fourth-order valence-electron chi connectivity index (χ4n) is 2.67. The third-order valence-electron chi connectivity index (χ3n) is 3.87. The Balaban J connectivity index is 2.22. The maximum atomic E-state index is 12.4. The van der Waals surface area contributed by atoms with Crippen LogP contribution in [0.25, 0.3) is 11.0 Å². The molecule has 26 heavy (non-hydrogen) atoms. The van der Waals surface area contributed by atoms with Crippen molar-refractivity contribution in [3.63, 3.8) is 0 Å². The summed E-state index contributed by atoms with van der Waals surface area (Å²) in [5.41, 5.74) is 4.42. The topological polar surface area (TPSA) is 138 Å². The van der Waals surface area contributed by atoms with Gasteiger partial charge in [0.05, 0.1) is 17.7 Å². The van der Waals surface area contributed by atoms with E-state index in [-0.39, 0.29) is 6.54 Å². The van der Waals surface area contributed by atoms with Crippen LogP contribution < -0.4 is 16.9 Å². The molecule has 0 fully saturated rings. The van der Waals surface area contributed by atoms with Crippen LogP contribution >= 0.6 is 0 Å². The molecule has 0 spiro atoms. The van der Waals surface area contributed by atoms with Crippen molar-refractivity contribution in [2.75, 3.05) is 0 Å². The molecule has 0 aliphatic carbocycles. The molecule has 2 N–H and O–H groups in total. The average molecular weight is 355 g/mol. The lowest BCUT2D eigenvalue weighted by molar-refractivity contribution is -0.385. The second kappa shape index (κ2) is 6.28. The predicted octanol–water partition coefficient (Wildman–Crippen LogP) is 1.32. The van der Waals surface area contributed by atoms with Gasteiger partial charge in [0.2, 0.25) is 0 Å². The molecule has 0 atom stereocenters. The van der Waals surface area contributed by atoms with E-state index in [9.17, 15) is 24.5 Å². The number of hydrogen-bond donors (Lipinski definition) is 1. The number of carbonyl (C=O) groups is 1. The van der Waals surface area contributed by atoms with Crippen molar-refractivity contribution in [3.05, 3.63) is 84.1 Å². The Labute approximate surface area is 145 Å². The monoisotopic (exact) mass is 355 g/mol. The van der Waals surface area contributed by atoms with Gasteiger partial charge in [-0.1, -0.05) is 12.1 Å². The van der Waals surface area contributed by atoms with E-state index in [2.05, 4.69) is 0 Å². The van der Waals surface area contributed by atoms with Gasteiger partial charge in [-0.2, -0.15) is 0 Å². The molecule has 1 aromatic carbocycles. The first-order valence-corrected chi connectivity index (χ1v) is 7.48. The van der Waals surface area contributed by atoms with Gasteiger partial charge in [0.25, 0.3) is 17.2 Å². The van der Waals surface area contributed by atoms with Crippen LogP contribution in [-0.2, 0) is 6.54 Å². The first-order chi connectivity index (χ1) is 12.3. The van der Waals surface area contributed by atoms with E-state index in [0.29, 0.717) is 16.5 Å². The molecule has 0 bridgehead atoms. The highest BCUT2D eigenvalue weighted by atomic mass is 16.6. The molecule has 2 heterocycles. The van der Waals surface area contributed by atoms with E-state index in [1.807, 2.05) is 6.92 Å². The normalized spacial score (nSPS) is 10.8. The van der Waals surface area contributed by atoms with Crippen LogP contribution in [0, 0.1) is 17.0 Å². The van der Waals surface area contributed by atoms with E-state index in [1.165, 1.54) is 6.07 Å². The van der Waals surface area contributed by atoms with Crippen molar-refractivity contribution in [1.82, 2.24) is 4.57 Å². The number of hydrogen-bond acceptors (Lipinski definition) is 6. The third kappa shape index (κ3) is 3.09. The Morgan fingerprint density at radius 2 is 2.00 bits per heavy atom. The first kappa shape index (κ1) is 17.1. The fourth-order valence-corrected chi connectivity index (χ4v) is 2.67. The van der Waals surface area contributed by atoms with Gasteiger partial charge in [0.1, 0.15) is 11.1 Å². The number of amides is 1. The number of nitro groups is 1. The van der Waals surface area contributed by atoms with Gasteiger partial charge < -0.3 is 14.7 Å². The third-order valence-corrected chi connectivity index (χ3v) is 3.87. The Morgan fingerprint density at radius 3 is 2.65 bits per heavy atom. The zero-order valence-corrected chi connectivity index (χ0v) is 13.6. The minimum absolute atomic E-state index is 0.161. The van der Waals surface area contributed by atoms with Gasteiger partial charge in [-0.3, -0.25) is 19.7 Å². The molecule has 0 aliphatic heterocycles. The summed E-state index contributed by atoms with van der Waals surface area (Å²) in [6, 6.07) is 7.23. The summed E-state index contributed by atoms with van der Waals surface area (Å²) in [7, 11) is 0. The highest BCUT2D eigenvalue weighted by Crippen LogP contribution is 2.20. The molecule has 132 valence electrons. The molecule has 0 saturated heterocycles. The van der Waals surface area contributed by atoms with Crippen LogP contribution in [0.5, 0.6) is 0 Å². The van der Waals surface area contributed by atoms with E-state index >= 15 is 0 Å². The number of aryl methyl sites for hydroxylation is 1. The van der Waals surface area contributed by atoms with E-state index < -0.39 is 33.3 Å². The summed E-state index contributed by atoms with van der Waals surface area (Å²) in [5, 5.41) is 11.6. The molecule has 0 unspecified atom stereocenters. The van der Waals surface area contributed by atoms with Crippen molar-refractivity contribution in [3.8, 4) is 0 Å². The first-order valence-electron chi connectivity index (χ1n) is 7.48. The van der Waals surface area contributed by atoms with Crippen molar-refractivity contribution in [1.29, 1.82) is 0 Å². The number of nitrogens with two attached hydrogens (primary N) is 1. The number of primary amides is 1. The number of pyridine rings is 1. The number of rotatable bonds is 4. The highest BCUT2D eigenvalue weighted by molar-refractivity contribution is 5.93. The maximum absolute atomic E-state index is 12.4. The number of carbonyl (C=O) groups excluding carboxylic acids is 1. The zero-order chi connectivity index (χ0) is 19.0. The summed E-state index contributed by atoms with van der Waals surface area (Å²) in [4.78, 5) is 46.0. The predicted molar refractivity (Wildman–Crippen MR) is 92.2 cm³/mol. The SMILES string of the molecule is Cc1ccc2c(Cn3cc([N+](=O)[O-])cc(C(N)=O)c3=O)cc(=O)oc2c1. The van der Waals surface area contributed by atoms with Crippen LogP contribution in [0.15, 0.2) is 50.5 Å². The molecule has 9 nitrogen and oxygen atoms in total. The molecule has 3 aromatic rings. The van der Waals surface area contributed by atoms with Crippen molar-refractivity contribution in [2.24, 2.45) is 5.73 Å². The maximum Gasteiger partial charge on any atom is 0.336 e. The number of aromatic nitrogens is 1. The molecule has 3 rings (SSSR count). The van der Waals surface area contributed by atoms with Crippen LogP contribution in [0.3, 0.4) is 0 Å². The number of fused-ring (bicyclic) bond motifs is 1. The second-order valence-corrected chi connectivity index (χ2v) is 5.76. The molecular formula is C17H13N3O6. The van der Waals surface area contributed by atoms with E-state index in [1.54, 1.807) is 18.2 Å². The van der Waals surface area contributed by atoms with Crippen molar-refractivity contribution >= 4 is 22.6 Å². The Hall–Kier alpha value is -3.75. The lowest BCUT2D eigenvalue weighted by Crippen LogP contribution is -2.30. The van der Waals surface area contributed by atoms with Gasteiger partial charge in [-0.15, -0.1) is 0 Å². The molecule has 0 radical (unpaired) electrons. The summed E-state index contributed by atoms with van der Waals surface area (Å²) >= 11 is 0. The molecule has 9 heteroatoms. The molecule has 2 aromatic heterocycles. The summed E-state index contributed by atoms with van der Waals surface area (Å²) in [6.45, 7) is 1.67. The molecule has 0 aliphatic rings. The summed E-state index contributed by atoms with van der Waals surface area (Å²) in [5.74, 6) is -1.07. The second-order valence-electron chi connectivity index (χ2n) is 5.76. The quantitative estimate of drug-likeness (QED) is 0.425. The Bertz CT molecular complexity index is 1180. The molecule has 0 saturated carbocycles. The average Bonchev–Trinajstić information content (AvgIpc) is 2.55. The zero-order valence-electron chi connectivity index (χ0n) is 13.6. The van der Waals surface area contributed by atoms with E-state index in [4.69, 9.17) is 10.2 Å². The van der Waals surface area contributed by atoms with Crippen molar-refractivity contribution < 1.29 is 14.1 Å². The smallest absolute Gasteiger partial charge is 0.336 e. The minimum atomic E-state index is -1.07. The van der Waals surface area contributed by atoms with Crippen LogP contribution in [0.1, 0.15) is 21.5 Å². The van der Waals surface area contributed by atoms with Gasteiger partial charge >= 0.3 is 5.63 Å². The van der Waals surface area contributed by atoms with Gasteiger partial charge in [-0.25, -0.2) is 4.79 Å². The van der Waals surface area contributed by atoms with Crippen LogP contribution in [0.2, 0.25) is 0 Å². The summed E-state index contributed by atoms with van der Waals surface area (Å²) in [6.07, 6.45) is 1.00. The molecule has 1 amide bonds. The lowest BCUT2D eigenvalue weighted by Gasteiger charge is -2.09. The molecular weight excluding hydrogens is 342 g/mol. The number of benzene rings is 1. The summed E-state index contributed by atoms with van der Waals surface area (Å²) < 4.78 is 6.13. The van der Waals surface area contributed by atoms with Gasteiger partial charge in [0.15, 0.2) is 0 Å². The van der Waals surface area contributed by atoms with Crippen LogP contribution in [0.4, 0.5) is 5.69 Å². The highest BCUT2D eigenvalue weighted by Gasteiger charge is 2.18. The van der Waals surface area contributed by atoms with Gasteiger partial charge in [-0.05, 0) is 24.1 Å². The standard InChI is InChI=1S/C17H13N3O6/c1-9-2-3-12-10(5-15(21)26-14(12)4-9)7-19-8-11(20(24)25)6-13(16(18)22)17(19)23/h2-6,8H,7H2,1H3,(H2,18,22). The largest absolute Gasteiger partial charge is 0.423 e. The van der Waals surface area contributed by atoms with Crippen molar-refractivity contribution in [2.45, 2.75) is 13.5 Å². The number of nitrogens with zero attached hydrogens (tertiary/aromatic N) is 2. The van der Waals surface area contributed by atoms with E-state index in [0.717, 1.165) is 22.4 Å². The van der Waals surface area contributed by atoms with Gasteiger partial charge in [0, 0.05) is 17.5 Å². The minimum Gasteiger partial charge on any atom is -0.423 e.